The molecule has 5 nitrogen and oxygen atoms in total. The second kappa shape index (κ2) is 8.29. The van der Waals surface area contributed by atoms with Crippen LogP contribution in [0.1, 0.15) is 34.7 Å². The fourth-order valence-corrected chi connectivity index (χ4v) is 4.62. The molecule has 3 aromatic carbocycles. The van der Waals surface area contributed by atoms with Gasteiger partial charge in [-0.05, 0) is 48.9 Å². The smallest absolute Gasteiger partial charge is 0.255 e. The maximum absolute atomic E-state index is 12.6. The molecule has 5 rings (SSSR count). The summed E-state index contributed by atoms with van der Waals surface area (Å²) in [5.41, 5.74) is 4.72. The van der Waals surface area contributed by atoms with E-state index in [1.807, 2.05) is 30.3 Å². The average molecular weight is 475 g/mol. The molecule has 1 N–H and O–H groups in total. The van der Waals surface area contributed by atoms with Crippen LogP contribution in [-0.4, -0.2) is 26.9 Å². The van der Waals surface area contributed by atoms with Crippen molar-refractivity contribution in [2.45, 2.75) is 26.1 Å². The van der Waals surface area contributed by atoms with E-state index in [1.165, 1.54) is 5.56 Å². The van der Waals surface area contributed by atoms with E-state index in [0.29, 0.717) is 11.6 Å². The van der Waals surface area contributed by atoms with Crippen LogP contribution in [0.2, 0.25) is 0 Å². The van der Waals surface area contributed by atoms with Crippen molar-refractivity contribution in [1.82, 2.24) is 14.5 Å². The number of imidazole rings is 1. The highest BCUT2D eigenvalue weighted by molar-refractivity contribution is 9.10. The molecule has 0 spiro atoms. The van der Waals surface area contributed by atoms with Crippen molar-refractivity contribution in [3.8, 4) is 0 Å². The first-order valence-corrected chi connectivity index (χ1v) is 11.2. The quantitative estimate of drug-likeness (QED) is 0.417. The van der Waals surface area contributed by atoms with Gasteiger partial charge < -0.3 is 9.88 Å². The molecule has 1 amide bonds. The zero-order valence-corrected chi connectivity index (χ0v) is 18.8. The standard InChI is InChI=1S/C25H23BrN4O/c1-17(18-6-3-2-4-7-18)29-12-13-30-23-11-10-21(15-22(23)28-24(30)16-29)27-25(31)19-8-5-9-20(26)14-19/h2-11,14-15,17H,12-13,16H2,1H3,(H,27,31)/t17-/m0/s1. The predicted octanol–water partition coefficient (Wildman–Crippen LogP) is 5.63. The number of hydrogen-bond donors (Lipinski definition) is 1. The number of anilines is 1. The number of aromatic nitrogens is 2. The van der Waals surface area contributed by atoms with Gasteiger partial charge in [0.05, 0.1) is 17.6 Å². The molecular formula is C25H23BrN4O. The van der Waals surface area contributed by atoms with Crippen molar-refractivity contribution in [3.05, 3.63) is 94.2 Å². The number of halogens is 1. The number of amides is 1. The highest BCUT2D eigenvalue weighted by Gasteiger charge is 2.24. The number of hydrogen-bond acceptors (Lipinski definition) is 3. The van der Waals surface area contributed by atoms with Crippen molar-refractivity contribution in [1.29, 1.82) is 0 Å². The van der Waals surface area contributed by atoms with Crippen LogP contribution in [0.3, 0.4) is 0 Å². The molecule has 1 aliphatic rings. The normalized spacial score (nSPS) is 14.9. The third-order valence-electron chi connectivity index (χ3n) is 5.96. The van der Waals surface area contributed by atoms with Crippen molar-refractivity contribution in [2.75, 3.05) is 11.9 Å². The van der Waals surface area contributed by atoms with Gasteiger partial charge in [-0.15, -0.1) is 0 Å². The van der Waals surface area contributed by atoms with E-state index >= 15 is 0 Å². The summed E-state index contributed by atoms with van der Waals surface area (Å²) in [6.45, 7) is 4.95. The van der Waals surface area contributed by atoms with E-state index < -0.39 is 0 Å². The van der Waals surface area contributed by atoms with Gasteiger partial charge in [-0.3, -0.25) is 9.69 Å². The Balaban J connectivity index is 1.37. The molecule has 31 heavy (non-hydrogen) atoms. The summed E-state index contributed by atoms with van der Waals surface area (Å²) in [5, 5.41) is 2.99. The van der Waals surface area contributed by atoms with Crippen LogP contribution in [0.4, 0.5) is 5.69 Å². The second-order valence-electron chi connectivity index (χ2n) is 7.90. The lowest BCUT2D eigenvalue weighted by molar-refractivity contribution is 0.102. The molecule has 1 aliphatic heterocycles. The summed E-state index contributed by atoms with van der Waals surface area (Å²) in [6.07, 6.45) is 0. The molecule has 1 atom stereocenters. The summed E-state index contributed by atoms with van der Waals surface area (Å²) < 4.78 is 3.18. The summed E-state index contributed by atoms with van der Waals surface area (Å²) in [4.78, 5) is 19.9. The molecular weight excluding hydrogens is 452 g/mol. The largest absolute Gasteiger partial charge is 0.326 e. The monoisotopic (exact) mass is 474 g/mol. The van der Waals surface area contributed by atoms with Crippen LogP contribution in [0.15, 0.2) is 77.3 Å². The van der Waals surface area contributed by atoms with Gasteiger partial charge in [0.15, 0.2) is 0 Å². The maximum Gasteiger partial charge on any atom is 0.255 e. The van der Waals surface area contributed by atoms with Gasteiger partial charge in [0.25, 0.3) is 5.91 Å². The maximum atomic E-state index is 12.6. The molecule has 0 fully saturated rings. The Bertz CT molecular complexity index is 1250. The Kier molecular flexibility index (Phi) is 5.34. The minimum Gasteiger partial charge on any atom is -0.326 e. The van der Waals surface area contributed by atoms with Crippen LogP contribution in [-0.2, 0) is 13.1 Å². The Morgan fingerprint density at radius 3 is 2.68 bits per heavy atom. The Morgan fingerprint density at radius 1 is 1.03 bits per heavy atom. The number of carbonyl (C=O) groups excluding carboxylic acids is 1. The zero-order chi connectivity index (χ0) is 21.4. The molecule has 0 unspecified atom stereocenters. The number of carbonyl (C=O) groups is 1. The molecule has 0 saturated heterocycles. The van der Waals surface area contributed by atoms with E-state index in [2.05, 4.69) is 74.0 Å². The number of benzene rings is 3. The Labute approximate surface area is 189 Å². The second-order valence-corrected chi connectivity index (χ2v) is 8.82. The molecule has 4 aromatic rings. The van der Waals surface area contributed by atoms with E-state index in [-0.39, 0.29) is 5.91 Å². The van der Waals surface area contributed by atoms with Crippen LogP contribution < -0.4 is 5.32 Å². The third kappa shape index (κ3) is 4.01. The molecule has 156 valence electrons. The zero-order valence-electron chi connectivity index (χ0n) is 17.3. The molecule has 0 radical (unpaired) electrons. The third-order valence-corrected chi connectivity index (χ3v) is 6.45. The molecule has 1 aromatic heterocycles. The van der Waals surface area contributed by atoms with Crippen molar-refractivity contribution < 1.29 is 4.79 Å². The fourth-order valence-electron chi connectivity index (χ4n) is 4.22. The first-order chi connectivity index (χ1) is 15.1. The van der Waals surface area contributed by atoms with Gasteiger partial charge in [-0.2, -0.15) is 0 Å². The van der Waals surface area contributed by atoms with Gasteiger partial charge in [0.2, 0.25) is 0 Å². The lowest BCUT2D eigenvalue weighted by atomic mass is 10.1. The lowest BCUT2D eigenvalue weighted by Crippen LogP contribution is -2.35. The van der Waals surface area contributed by atoms with Crippen LogP contribution in [0, 0.1) is 0 Å². The number of nitrogens with zero attached hydrogens (tertiary/aromatic N) is 3. The minimum absolute atomic E-state index is 0.132. The highest BCUT2D eigenvalue weighted by Crippen LogP contribution is 2.28. The van der Waals surface area contributed by atoms with E-state index in [1.54, 1.807) is 6.07 Å². The molecule has 0 bridgehead atoms. The minimum atomic E-state index is -0.132. The number of nitrogens with one attached hydrogen (secondary N) is 1. The Hall–Kier alpha value is -2.96. The summed E-state index contributed by atoms with van der Waals surface area (Å²) >= 11 is 3.41. The number of fused-ring (bicyclic) bond motifs is 3. The van der Waals surface area contributed by atoms with Crippen LogP contribution in [0.25, 0.3) is 11.0 Å². The van der Waals surface area contributed by atoms with Gasteiger partial charge in [-0.25, -0.2) is 4.98 Å². The SMILES string of the molecule is C[C@@H](c1ccccc1)N1CCn2c(nc3cc(NC(=O)c4cccc(Br)c4)ccc32)C1. The molecule has 0 aliphatic carbocycles. The summed E-state index contributed by atoms with van der Waals surface area (Å²) in [5.74, 6) is 0.937. The average Bonchev–Trinajstić information content (AvgIpc) is 3.16. The summed E-state index contributed by atoms with van der Waals surface area (Å²) in [7, 11) is 0. The van der Waals surface area contributed by atoms with Crippen LogP contribution in [0.5, 0.6) is 0 Å². The van der Waals surface area contributed by atoms with Crippen molar-refractivity contribution >= 4 is 38.6 Å². The number of rotatable bonds is 4. The van der Waals surface area contributed by atoms with E-state index in [0.717, 1.165) is 46.7 Å². The summed E-state index contributed by atoms with van der Waals surface area (Å²) in [6, 6.07) is 24.3. The van der Waals surface area contributed by atoms with Gasteiger partial charge >= 0.3 is 0 Å². The van der Waals surface area contributed by atoms with Crippen molar-refractivity contribution in [2.24, 2.45) is 0 Å². The van der Waals surface area contributed by atoms with Gasteiger partial charge in [-0.1, -0.05) is 52.3 Å². The first-order valence-electron chi connectivity index (χ1n) is 10.4. The predicted molar refractivity (Wildman–Crippen MR) is 127 cm³/mol. The lowest BCUT2D eigenvalue weighted by Gasteiger charge is -2.33. The molecule has 6 heteroatoms. The Morgan fingerprint density at radius 2 is 1.87 bits per heavy atom. The van der Waals surface area contributed by atoms with E-state index in [4.69, 9.17) is 4.98 Å². The van der Waals surface area contributed by atoms with Gasteiger partial charge in [0, 0.05) is 34.9 Å². The van der Waals surface area contributed by atoms with E-state index in [9.17, 15) is 4.79 Å². The fraction of sp³-hybridized carbons (Fsp3) is 0.200. The first kappa shape index (κ1) is 20.0. The molecule has 2 heterocycles. The van der Waals surface area contributed by atoms with Crippen molar-refractivity contribution in [3.63, 3.8) is 0 Å². The molecule has 0 saturated carbocycles. The topological polar surface area (TPSA) is 50.2 Å². The highest BCUT2D eigenvalue weighted by atomic mass is 79.9. The van der Waals surface area contributed by atoms with Crippen LogP contribution >= 0.6 is 15.9 Å². The van der Waals surface area contributed by atoms with Gasteiger partial charge in [0.1, 0.15) is 5.82 Å².